The van der Waals surface area contributed by atoms with E-state index in [-0.39, 0.29) is 23.9 Å². The maximum atomic E-state index is 12.8. The van der Waals surface area contributed by atoms with E-state index in [0.717, 1.165) is 25.9 Å². The first-order valence-electron chi connectivity index (χ1n) is 9.27. The third kappa shape index (κ3) is 2.79. The van der Waals surface area contributed by atoms with Crippen LogP contribution in [-0.2, 0) is 0 Å². The molecule has 0 radical (unpaired) electrons. The molecular weight excluding hydrogens is 398 g/mol. The molecule has 0 bridgehead atoms. The molecule has 0 spiro atoms. The van der Waals surface area contributed by atoms with Gasteiger partial charge in [-0.2, -0.15) is 0 Å². The fraction of sp³-hybridized carbons (Fsp3) is 0.0435. The Morgan fingerprint density at radius 2 is 1.87 bits per heavy atom. The van der Waals surface area contributed by atoms with E-state index in [9.17, 15) is 14.4 Å². The molecule has 6 nitrogen and oxygen atoms in total. The van der Waals surface area contributed by atoms with Crippen molar-refractivity contribution in [1.82, 2.24) is 9.88 Å². The van der Waals surface area contributed by atoms with E-state index >= 15 is 0 Å². The molecule has 0 saturated heterocycles. The number of imide groups is 1. The first kappa shape index (κ1) is 18.2. The number of fused-ring (bicyclic) bond motifs is 4. The summed E-state index contributed by atoms with van der Waals surface area (Å²) < 4.78 is 0.971. The van der Waals surface area contributed by atoms with Crippen LogP contribution in [-0.4, -0.2) is 34.2 Å². The lowest BCUT2D eigenvalue weighted by atomic mass is 10.1. The summed E-state index contributed by atoms with van der Waals surface area (Å²) >= 11 is 1.39. The minimum Gasteiger partial charge on any atom is -0.298 e. The Bertz CT molecular complexity index is 1390. The van der Waals surface area contributed by atoms with Crippen LogP contribution in [0.15, 0.2) is 67.3 Å². The zero-order valence-corrected chi connectivity index (χ0v) is 16.5. The number of rotatable bonds is 4. The van der Waals surface area contributed by atoms with Crippen LogP contribution < -0.4 is 5.32 Å². The van der Waals surface area contributed by atoms with Gasteiger partial charge in [-0.25, -0.2) is 4.98 Å². The van der Waals surface area contributed by atoms with Crippen LogP contribution in [0.1, 0.15) is 31.1 Å². The lowest BCUT2D eigenvalue weighted by Crippen LogP contribution is -2.29. The number of anilines is 1. The van der Waals surface area contributed by atoms with E-state index in [2.05, 4.69) is 16.9 Å². The zero-order valence-electron chi connectivity index (χ0n) is 15.7. The molecule has 0 aliphatic carbocycles. The van der Waals surface area contributed by atoms with E-state index in [4.69, 9.17) is 0 Å². The predicted octanol–water partition coefficient (Wildman–Crippen LogP) is 4.48. The molecular formula is C23H15N3O3S. The molecule has 0 saturated carbocycles. The minimum absolute atomic E-state index is 0.132. The van der Waals surface area contributed by atoms with Gasteiger partial charge in [0, 0.05) is 17.5 Å². The third-order valence-electron chi connectivity index (χ3n) is 5.05. The van der Waals surface area contributed by atoms with Gasteiger partial charge in [-0.3, -0.25) is 24.6 Å². The highest BCUT2D eigenvalue weighted by molar-refractivity contribution is 7.22. The molecule has 1 aliphatic heterocycles. The van der Waals surface area contributed by atoms with Gasteiger partial charge in [0.25, 0.3) is 17.7 Å². The number of carbonyl (C=O) groups is 3. The maximum Gasteiger partial charge on any atom is 0.261 e. The van der Waals surface area contributed by atoms with Gasteiger partial charge in [-0.15, -0.1) is 6.58 Å². The fourth-order valence-corrected chi connectivity index (χ4v) is 4.49. The van der Waals surface area contributed by atoms with E-state index in [1.807, 2.05) is 36.4 Å². The Kier molecular flexibility index (Phi) is 4.18. The van der Waals surface area contributed by atoms with Crippen LogP contribution in [0.4, 0.5) is 5.13 Å². The Hall–Kier alpha value is -3.84. The molecule has 2 heterocycles. The average Bonchev–Trinajstić information content (AvgIpc) is 3.28. The normalized spacial score (nSPS) is 13.1. The minimum atomic E-state index is -0.420. The standard InChI is InChI=1S/C23H15N3O3S/c1-2-11-26-21(28)16-9-7-14(12-17(16)22(26)29)20(27)25-23-24-19-15-6-4-3-5-13(15)8-10-18(19)30-23/h2-10,12H,1,11H2,(H,24,25,27). The van der Waals surface area contributed by atoms with E-state index in [1.165, 1.54) is 29.5 Å². The van der Waals surface area contributed by atoms with Crippen LogP contribution in [0.25, 0.3) is 21.0 Å². The van der Waals surface area contributed by atoms with Gasteiger partial charge in [0.1, 0.15) is 0 Å². The highest BCUT2D eigenvalue weighted by atomic mass is 32.1. The second-order valence-electron chi connectivity index (χ2n) is 6.88. The van der Waals surface area contributed by atoms with E-state index < -0.39 is 5.91 Å². The number of hydrogen-bond acceptors (Lipinski definition) is 5. The topological polar surface area (TPSA) is 79.4 Å². The first-order chi connectivity index (χ1) is 14.6. The molecule has 4 aromatic rings. The number of hydrogen-bond donors (Lipinski definition) is 1. The number of amides is 3. The van der Waals surface area contributed by atoms with Gasteiger partial charge >= 0.3 is 0 Å². The molecule has 7 heteroatoms. The van der Waals surface area contributed by atoms with Crippen molar-refractivity contribution in [2.75, 3.05) is 11.9 Å². The predicted molar refractivity (Wildman–Crippen MR) is 117 cm³/mol. The van der Waals surface area contributed by atoms with Crippen LogP contribution in [0.3, 0.4) is 0 Å². The Morgan fingerprint density at radius 1 is 1.07 bits per heavy atom. The summed E-state index contributed by atoms with van der Waals surface area (Å²) in [6.07, 6.45) is 1.49. The van der Waals surface area contributed by atoms with Crippen molar-refractivity contribution in [2.24, 2.45) is 0 Å². The molecule has 30 heavy (non-hydrogen) atoms. The van der Waals surface area contributed by atoms with Gasteiger partial charge in [0.05, 0.1) is 21.3 Å². The molecule has 5 rings (SSSR count). The molecule has 1 N–H and O–H groups in total. The number of aromatic nitrogens is 1. The van der Waals surface area contributed by atoms with Crippen molar-refractivity contribution in [3.8, 4) is 0 Å². The maximum absolute atomic E-state index is 12.8. The number of nitrogens with one attached hydrogen (secondary N) is 1. The Morgan fingerprint density at radius 3 is 2.70 bits per heavy atom. The quantitative estimate of drug-likeness (QED) is 0.395. The van der Waals surface area contributed by atoms with Gasteiger partial charge in [0.2, 0.25) is 0 Å². The highest BCUT2D eigenvalue weighted by Crippen LogP contribution is 2.32. The number of thiazole rings is 1. The molecule has 3 aromatic carbocycles. The largest absolute Gasteiger partial charge is 0.298 e. The molecule has 0 atom stereocenters. The second kappa shape index (κ2) is 6.89. The van der Waals surface area contributed by atoms with Crippen molar-refractivity contribution in [3.05, 3.63) is 83.9 Å². The van der Waals surface area contributed by atoms with Crippen molar-refractivity contribution in [1.29, 1.82) is 0 Å². The summed E-state index contributed by atoms with van der Waals surface area (Å²) in [5.41, 5.74) is 1.65. The third-order valence-corrected chi connectivity index (χ3v) is 5.98. The smallest absolute Gasteiger partial charge is 0.261 e. The molecule has 0 fully saturated rings. The monoisotopic (exact) mass is 413 g/mol. The Labute approximate surface area is 175 Å². The summed E-state index contributed by atoms with van der Waals surface area (Å²) in [5.74, 6) is -1.18. The first-order valence-corrected chi connectivity index (χ1v) is 10.1. The highest BCUT2D eigenvalue weighted by Gasteiger charge is 2.35. The molecule has 1 aromatic heterocycles. The SMILES string of the molecule is C=CCN1C(=O)c2ccc(C(=O)Nc3nc4c(ccc5ccccc54)s3)cc2C1=O. The van der Waals surface area contributed by atoms with Crippen LogP contribution in [0, 0.1) is 0 Å². The lowest BCUT2D eigenvalue weighted by Gasteiger charge is -2.09. The van der Waals surface area contributed by atoms with E-state index in [0.29, 0.717) is 16.3 Å². The van der Waals surface area contributed by atoms with Crippen LogP contribution >= 0.6 is 11.3 Å². The second-order valence-corrected chi connectivity index (χ2v) is 7.91. The van der Waals surface area contributed by atoms with Crippen molar-refractivity contribution >= 4 is 55.2 Å². The summed E-state index contributed by atoms with van der Waals surface area (Å²) in [5, 5.41) is 5.39. The lowest BCUT2D eigenvalue weighted by molar-refractivity contribution is 0.0672. The van der Waals surface area contributed by atoms with Crippen LogP contribution in [0.2, 0.25) is 0 Å². The molecule has 146 valence electrons. The summed E-state index contributed by atoms with van der Waals surface area (Å²) in [6.45, 7) is 3.70. The van der Waals surface area contributed by atoms with Gasteiger partial charge in [0.15, 0.2) is 5.13 Å². The van der Waals surface area contributed by atoms with Crippen molar-refractivity contribution in [3.63, 3.8) is 0 Å². The van der Waals surface area contributed by atoms with Crippen molar-refractivity contribution < 1.29 is 14.4 Å². The Balaban J connectivity index is 1.45. The van der Waals surface area contributed by atoms with Gasteiger partial charge < -0.3 is 0 Å². The summed E-state index contributed by atoms with van der Waals surface area (Å²) in [4.78, 5) is 43.3. The number of nitrogens with zero attached hydrogens (tertiary/aromatic N) is 2. The fourth-order valence-electron chi connectivity index (χ4n) is 3.61. The number of carbonyl (C=O) groups excluding carboxylic acids is 3. The van der Waals surface area contributed by atoms with E-state index in [1.54, 1.807) is 6.07 Å². The van der Waals surface area contributed by atoms with Crippen molar-refractivity contribution in [2.45, 2.75) is 0 Å². The summed E-state index contributed by atoms with van der Waals surface area (Å²) in [7, 11) is 0. The summed E-state index contributed by atoms with van der Waals surface area (Å²) in [6, 6.07) is 16.5. The van der Waals surface area contributed by atoms with Crippen LogP contribution in [0.5, 0.6) is 0 Å². The van der Waals surface area contributed by atoms with Gasteiger partial charge in [-0.05, 0) is 29.7 Å². The average molecular weight is 413 g/mol. The molecule has 3 amide bonds. The molecule has 0 unspecified atom stereocenters. The van der Waals surface area contributed by atoms with Gasteiger partial charge in [-0.1, -0.05) is 47.7 Å². The number of benzene rings is 3. The zero-order chi connectivity index (χ0) is 20.8. The molecule has 1 aliphatic rings.